The van der Waals surface area contributed by atoms with E-state index in [1.54, 1.807) is 0 Å². The van der Waals surface area contributed by atoms with Crippen LogP contribution in [0.15, 0.2) is 0 Å². The Hall–Kier alpha value is -0.290. The molecule has 90 valence electrons. The van der Waals surface area contributed by atoms with E-state index < -0.39 is 12.6 Å². The predicted molar refractivity (Wildman–Crippen MR) is 51.7 cm³/mol. The van der Waals surface area contributed by atoms with E-state index in [-0.39, 0.29) is 12.7 Å². The van der Waals surface area contributed by atoms with Crippen LogP contribution in [0.25, 0.3) is 0 Å². The van der Waals surface area contributed by atoms with Crippen molar-refractivity contribution in [3.63, 3.8) is 0 Å². The number of hydrogen-bond donors (Lipinski definition) is 1. The fourth-order valence-corrected chi connectivity index (χ4v) is 1.90. The van der Waals surface area contributed by atoms with Crippen LogP contribution in [-0.2, 0) is 4.74 Å². The number of alkyl halides is 3. The Kier molecular flexibility index (Phi) is 4.86. The molecule has 1 N–H and O–H groups in total. The molecule has 2 unspecified atom stereocenters. The third-order valence-corrected chi connectivity index (χ3v) is 2.77. The highest BCUT2D eigenvalue weighted by atomic mass is 19.4. The van der Waals surface area contributed by atoms with Gasteiger partial charge in [-0.25, -0.2) is 0 Å². The summed E-state index contributed by atoms with van der Waals surface area (Å²) in [4.78, 5) is 0. The van der Waals surface area contributed by atoms with Crippen molar-refractivity contribution in [2.75, 3.05) is 13.7 Å². The van der Waals surface area contributed by atoms with Crippen molar-refractivity contribution in [2.45, 2.75) is 50.4 Å². The molecular formula is C10H18F3NO. The van der Waals surface area contributed by atoms with E-state index in [1.807, 2.05) is 7.05 Å². The first-order valence-electron chi connectivity index (χ1n) is 5.37. The van der Waals surface area contributed by atoms with E-state index in [4.69, 9.17) is 4.74 Å². The second-order valence-electron chi connectivity index (χ2n) is 4.01. The van der Waals surface area contributed by atoms with E-state index in [0.29, 0.717) is 6.04 Å². The Morgan fingerprint density at radius 2 is 2.07 bits per heavy atom. The lowest BCUT2D eigenvalue weighted by Gasteiger charge is -2.29. The maximum absolute atomic E-state index is 11.9. The molecule has 1 aliphatic carbocycles. The first-order valence-corrected chi connectivity index (χ1v) is 5.37. The van der Waals surface area contributed by atoms with E-state index in [9.17, 15) is 13.2 Å². The average Bonchev–Trinajstić information content (AvgIpc) is 2.16. The molecule has 0 heterocycles. The molecule has 1 saturated carbocycles. The van der Waals surface area contributed by atoms with Crippen LogP contribution in [0.2, 0.25) is 0 Å². The molecule has 0 saturated heterocycles. The van der Waals surface area contributed by atoms with E-state index in [1.165, 1.54) is 0 Å². The Morgan fingerprint density at radius 3 is 2.67 bits per heavy atom. The largest absolute Gasteiger partial charge is 0.391 e. The van der Waals surface area contributed by atoms with Crippen LogP contribution in [0.4, 0.5) is 13.2 Å². The molecule has 1 fully saturated rings. The topological polar surface area (TPSA) is 21.3 Å². The van der Waals surface area contributed by atoms with Gasteiger partial charge in [-0.05, 0) is 32.7 Å². The van der Waals surface area contributed by atoms with Crippen molar-refractivity contribution in [3.05, 3.63) is 0 Å². The number of nitrogens with one attached hydrogen (secondary N) is 1. The van der Waals surface area contributed by atoms with E-state index >= 15 is 0 Å². The molecule has 1 rings (SSSR count). The summed E-state index contributed by atoms with van der Waals surface area (Å²) < 4.78 is 40.8. The summed E-state index contributed by atoms with van der Waals surface area (Å²) in [5, 5.41) is 3.14. The van der Waals surface area contributed by atoms with Gasteiger partial charge in [0.25, 0.3) is 0 Å². The number of hydrogen-bond acceptors (Lipinski definition) is 2. The van der Waals surface area contributed by atoms with Gasteiger partial charge in [0.1, 0.15) is 0 Å². The molecule has 2 atom stereocenters. The third-order valence-electron chi connectivity index (χ3n) is 2.77. The van der Waals surface area contributed by atoms with Crippen molar-refractivity contribution < 1.29 is 17.9 Å². The molecule has 0 aromatic rings. The molecule has 0 radical (unpaired) electrons. The fourth-order valence-electron chi connectivity index (χ4n) is 1.90. The van der Waals surface area contributed by atoms with Crippen LogP contribution in [0.1, 0.15) is 32.1 Å². The van der Waals surface area contributed by atoms with E-state index in [2.05, 4.69) is 5.32 Å². The lowest BCUT2D eigenvalue weighted by Crippen LogP contribution is -2.35. The molecule has 0 spiro atoms. The molecular weight excluding hydrogens is 207 g/mol. The third kappa shape index (κ3) is 5.37. The first-order chi connectivity index (χ1) is 7.01. The van der Waals surface area contributed by atoms with Gasteiger partial charge in [0.15, 0.2) is 0 Å². The maximum atomic E-state index is 11.9. The molecule has 2 nitrogen and oxygen atoms in total. The van der Waals surface area contributed by atoms with Crippen molar-refractivity contribution in [2.24, 2.45) is 0 Å². The van der Waals surface area contributed by atoms with Gasteiger partial charge in [-0.1, -0.05) is 0 Å². The summed E-state index contributed by atoms with van der Waals surface area (Å²) in [5.41, 5.74) is 0. The van der Waals surface area contributed by atoms with Gasteiger partial charge in [0.05, 0.1) is 19.1 Å². The minimum Gasteiger partial charge on any atom is -0.378 e. The summed E-state index contributed by atoms with van der Waals surface area (Å²) in [6.45, 7) is -0.204. The molecule has 0 aromatic heterocycles. The van der Waals surface area contributed by atoms with Gasteiger partial charge in [-0.15, -0.1) is 0 Å². The summed E-state index contributed by atoms with van der Waals surface area (Å²) in [5.74, 6) is 0. The zero-order valence-corrected chi connectivity index (χ0v) is 8.94. The monoisotopic (exact) mass is 225 g/mol. The highest BCUT2D eigenvalue weighted by Gasteiger charge is 2.28. The Balaban J connectivity index is 2.15. The molecule has 0 aliphatic heterocycles. The molecule has 0 amide bonds. The average molecular weight is 225 g/mol. The smallest absolute Gasteiger partial charge is 0.378 e. The molecule has 0 aromatic carbocycles. The highest BCUT2D eigenvalue weighted by molar-refractivity contribution is 4.77. The Labute approximate surface area is 88.2 Å². The molecule has 15 heavy (non-hydrogen) atoms. The second-order valence-corrected chi connectivity index (χ2v) is 4.01. The standard InChI is InChI=1S/C10H18F3NO/c1-14-8-3-2-4-9(7-8)15-6-5-10(11,12)13/h8-9,14H,2-7H2,1H3. The van der Waals surface area contributed by atoms with Crippen molar-refractivity contribution in [3.8, 4) is 0 Å². The molecule has 0 bridgehead atoms. The van der Waals surface area contributed by atoms with Gasteiger partial charge >= 0.3 is 6.18 Å². The van der Waals surface area contributed by atoms with Gasteiger partial charge in [-0.3, -0.25) is 0 Å². The normalized spacial score (nSPS) is 28.0. The quantitative estimate of drug-likeness (QED) is 0.793. The second kappa shape index (κ2) is 5.70. The Morgan fingerprint density at radius 1 is 1.33 bits per heavy atom. The van der Waals surface area contributed by atoms with Gasteiger partial charge < -0.3 is 10.1 Å². The first kappa shape index (κ1) is 12.8. The minimum absolute atomic E-state index is 0.00134. The maximum Gasteiger partial charge on any atom is 0.391 e. The van der Waals surface area contributed by atoms with Crippen molar-refractivity contribution in [1.82, 2.24) is 5.32 Å². The van der Waals surface area contributed by atoms with Gasteiger partial charge in [0.2, 0.25) is 0 Å². The van der Waals surface area contributed by atoms with Crippen LogP contribution in [0.3, 0.4) is 0 Å². The highest BCUT2D eigenvalue weighted by Crippen LogP contribution is 2.23. The fraction of sp³-hybridized carbons (Fsp3) is 1.00. The Bertz CT molecular complexity index is 184. The van der Waals surface area contributed by atoms with Crippen LogP contribution in [0.5, 0.6) is 0 Å². The lowest BCUT2D eigenvalue weighted by molar-refractivity contribution is -0.150. The molecule has 5 heteroatoms. The minimum atomic E-state index is -4.10. The zero-order chi connectivity index (χ0) is 11.3. The summed E-state index contributed by atoms with van der Waals surface area (Å²) in [7, 11) is 1.88. The van der Waals surface area contributed by atoms with Gasteiger partial charge in [0, 0.05) is 6.04 Å². The van der Waals surface area contributed by atoms with Crippen LogP contribution in [0, 0.1) is 0 Å². The zero-order valence-electron chi connectivity index (χ0n) is 8.94. The van der Waals surface area contributed by atoms with Crippen LogP contribution in [-0.4, -0.2) is 32.0 Å². The number of rotatable bonds is 4. The van der Waals surface area contributed by atoms with Gasteiger partial charge in [-0.2, -0.15) is 13.2 Å². The van der Waals surface area contributed by atoms with Crippen molar-refractivity contribution >= 4 is 0 Å². The molecule has 1 aliphatic rings. The van der Waals surface area contributed by atoms with Crippen LogP contribution < -0.4 is 5.32 Å². The number of halogens is 3. The number of ether oxygens (including phenoxy) is 1. The summed E-state index contributed by atoms with van der Waals surface area (Å²) in [6, 6.07) is 0.398. The lowest BCUT2D eigenvalue weighted by atomic mass is 9.93. The predicted octanol–water partition coefficient (Wildman–Crippen LogP) is 2.49. The van der Waals surface area contributed by atoms with E-state index in [0.717, 1.165) is 25.7 Å². The van der Waals surface area contributed by atoms with Crippen molar-refractivity contribution in [1.29, 1.82) is 0 Å². The SMILES string of the molecule is CNC1CCCC(OCCC(F)(F)F)C1. The summed E-state index contributed by atoms with van der Waals surface area (Å²) >= 11 is 0. The summed E-state index contributed by atoms with van der Waals surface area (Å²) in [6.07, 6.45) is -1.11. The van der Waals surface area contributed by atoms with Crippen LogP contribution >= 0.6 is 0 Å².